The van der Waals surface area contributed by atoms with Gasteiger partial charge in [-0.3, -0.25) is 9.59 Å². The van der Waals surface area contributed by atoms with Gasteiger partial charge in [0.25, 0.3) is 0 Å². The van der Waals surface area contributed by atoms with Crippen LogP contribution < -0.4 is 0 Å². The molecule has 2 heterocycles. The van der Waals surface area contributed by atoms with Crippen molar-refractivity contribution in [3.05, 3.63) is 71.3 Å². The van der Waals surface area contributed by atoms with Crippen LogP contribution in [-0.2, 0) is 43.9 Å². The van der Waals surface area contributed by atoms with Gasteiger partial charge < -0.3 is 18.8 Å². The number of hydrogen-bond donors (Lipinski definition) is 0. The predicted octanol–water partition coefficient (Wildman–Crippen LogP) is 6.91. The molecule has 3 atom stereocenters. The lowest BCUT2D eigenvalue weighted by Crippen LogP contribution is -2.31. The minimum atomic E-state index is -0.608. The first-order chi connectivity index (χ1) is 21.3. The average Bonchev–Trinajstić information content (AvgIpc) is 3.64. The second-order valence-electron chi connectivity index (χ2n) is 12.8. The Morgan fingerprint density at radius 3 is 2.44 bits per heavy atom. The van der Waals surface area contributed by atoms with Gasteiger partial charge in [-0.2, -0.15) is 0 Å². The largest absolute Gasteiger partial charge is 0.465 e. The highest BCUT2D eigenvalue weighted by Gasteiger charge is 2.31. The predicted molar refractivity (Wildman–Crippen MR) is 172 cm³/mol. The van der Waals surface area contributed by atoms with Crippen LogP contribution in [0.3, 0.4) is 0 Å². The van der Waals surface area contributed by atoms with Crippen LogP contribution in [-0.4, -0.2) is 49.3 Å². The fourth-order valence-corrected chi connectivity index (χ4v) is 5.37. The molecule has 0 N–H and O–H groups in total. The van der Waals surface area contributed by atoms with Crippen molar-refractivity contribution in [3.8, 4) is 0 Å². The van der Waals surface area contributed by atoms with E-state index < -0.39 is 17.6 Å². The molecule has 0 radical (unpaired) electrons. The van der Waals surface area contributed by atoms with E-state index in [1.807, 2.05) is 71.4 Å². The number of nitrogens with zero attached hydrogens (tertiary/aromatic N) is 4. The van der Waals surface area contributed by atoms with Crippen molar-refractivity contribution in [2.24, 2.45) is 18.9 Å². The van der Waals surface area contributed by atoms with Crippen LogP contribution in [0.5, 0.6) is 0 Å². The summed E-state index contributed by atoms with van der Waals surface area (Å²) in [7, 11) is 1.91. The molecule has 0 bridgehead atoms. The quantitative estimate of drug-likeness (QED) is 0.102. The molecule has 45 heavy (non-hydrogen) atoms. The molecule has 10 nitrogen and oxygen atoms in total. The van der Waals surface area contributed by atoms with Crippen LogP contribution in [0.2, 0.25) is 0 Å². The van der Waals surface area contributed by atoms with E-state index in [2.05, 4.69) is 16.9 Å². The summed E-state index contributed by atoms with van der Waals surface area (Å²) in [5, 5.41) is 0. The summed E-state index contributed by atoms with van der Waals surface area (Å²) < 4.78 is 20.3. The molecule has 0 aliphatic carbocycles. The van der Waals surface area contributed by atoms with Gasteiger partial charge in [-0.1, -0.05) is 51.8 Å². The number of carbonyl (C=O) groups is 3. The van der Waals surface area contributed by atoms with Crippen LogP contribution in [0, 0.1) is 18.8 Å². The SMILES string of the molecule is CCCCCC(=O)OCC(Cc1cncn1C)C(CC)C(=O)OCc1cccc([C@H](C)c2cn(C(=O)OC(C)(C)C)cn2)c1C. The lowest BCUT2D eigenvalue weighted by Gasteiger charge is -2.25. The summed E-state index contributed by atoms with van der Waals surface area (Å²) in [6.07, 6.45) is 10.4. The molecule has 2 unspecified atom stereocenters. The third kappa shape index (κ3) is 10.3. The maximum absolute atomic E-state index is 13.5. The van der Waals surface area contributed by atoms with E-state index >= 15 is 0 Å². The van der Waals surface area contributed by atoms with Crippen molar-refractivity contribution in [2.45, 2.75) is 105 Å². The second kappa shape index (κ2) is 16.4. The topological polar surface area (TPSA) is 115 Å². The summed E-state index contributed by atoms with van der Waals surface area (Å²) in [6, 6.07) is 5.91. The van der Waals surface area contributed by atoms with Crippen molar-refractivity contribution in [2.75, 3.05) is 6.61 Å². The maximum Gasteiger partial charge on any atom is 0.419 e. The fourth-order valence-electron chi connectivity index (χ4n) is 5.37. The smallest absolute Gasteiger partial charge is 0.419 e. The molecule has 10 heteroatoms. The van der Waals surface area contributed by atoms with Crippen LogP contribution in [0.1, 0.15) is 108 Å². The lowest BCUT2D eigenvalue weighted by molar-refractivity contribution is -0.156. The number of aromatic nitrogens is 4. The molecule has 0 spiro atoms. The molecule has 2 aromatic heterocycles. The highest BCUT2D eigenvalue weighted by atomic mass is 16.6. The first-order valence-electron chi connectivity index (χ1n) is 16.0. The first kappa shape index (κ1) is 35.5. The van der Waals surface area contributed by atoms with E-state index in [1.54, 1.807) is 18.7 Å². The van der Waals surface area contributed by atoms with Gasteiger partial charge in [0, 0.05) is 43.4 Å². The number of ether oxygens (including phenoxy) is 3. The van der Waals surface area contributed by atoms with E-state index in [1.165, 1.54) is 10.9 Å². The number of rotatable bonds is 15. The van der Waals surface area contributed by atoms with Gasteiger partial charge in [0.15, 0.2) is 0 Å². The third-order valence-electron chi connectivity index (χ3n) is 8.12. The Balaban J connectivity index is 1.71. The van der Waals surface area contributed by atoms with Crippen LogP contribution in [0.4, 0.5) is 4.79 Å². The van der Waals surface area contributed by atoms with Crippen molar-refractivity contribution >= 4 is 18.0 Å². The van der Waals surface area contributed by atoms with E-state index in [0.29, 0.717) is 19.3 Å². The number of esters is 2. The van der Waals surface area contributed by atoms with Gasteiger partial charge in [0.2, 0.25) is 0 Å². The Morgan fingerprint density at radius 2 is 1.80 bits per heavy atom. The molecule has 246 valence electrons. The van der Waals surface area contributed by atoms with E-state index in [9.17, 15) is 14.4 Å². The maximum atomic E-state index is 13.5. The number of imidazole rings is 2. The fraction of sp³-hybridized carbons (Fsp3) is 0.571. The summed E-state index contributed by atoms with van der Waals surface area (Å²) in [5.41, 5.74) is 3.98. The van der Waals surface area contributed by atoms with Crippen molar-refractivity contribution in [3.63, 3.8) is 0 Å². The number of carbonyl (C=O) groups excluding carboxylic acids is 3. The molecule has 3 rings (SSSR count). The van der Waals surface area contributed by atoms with Gasteiger partial charge in [-0.25, -0.2) is 19.3 Å². The van der Waals surface area contributed by atoms with E-state index in [0.717, 1.165) is 47.3 Å². The lowest BCUT2D eigenvalue weighted by atomic mass is 9.87. The van der Waals surface area contributed by atoms with E-state index in [-0.39, 0.29) is 37.0 Å². The molecular formula is C35H50N4O6. The Labute approximate surface area is 267 Å². The number of aryl methyl sites for hydroxylation is 1. The minimum Gasteiger partial charge on any atom is -0.465 e. The molecule has 1 aromatic carbocycles. The number of benzene rings is 1. The van der Waals surface area contributed by atoms with Gasteiger partial charge in [-0.15, -0.1) is 0 Å². The second-order valence-corrected chi connectivity index (χ2v) is 12.8. The van der Waals surface area contributed by atoms with Crippen LogP contribution in [0.25, 0.3) is 0 Å². The summed E-state index contributed by atoms with van der Waals surface area (Å²) in [4.78, 5) is 47.1. The van der Waals surface area contributed by atoms with Gasteiger partial charge in [0.05, 0.1) is 24.5 Å². The molecular weight excluding hydrogens is 572 g/mol. The standard InChI is InChI=1S/C35H50N4O6/c1-9-11-12-16-32(40)43-21-27(17-28-18-36-22-38(28)8)29(10-2)33(41)44-20-26-14-13-15-30(24(26)3)25(4)31-19-39(23-37-31)34(42)45-35(5,6)7/h13-15,18-19,22-23,25,27,29H,9-12,16-17,20-21H2,1-8H3/t25-,27?,29?/m0/s1. The summed E-state index contributed by atoms with van der Waals surface area (Å²) in [6.45, 7) is 13.8. The molecule has 0 aliphatic rings. The highest BCUT2D eigenvalue weighted by Crippen LogP contribution is 2.29. The zero-order valence-corrected chi connectivity index (χ0v) is 28.2. The molecule has 0 aliphatic heterocycles. The molecule has 0 saturated heterocycles. The van der Waals surface area contributed by atoms with E-state index in [4.69, 9.17) is 14.2 Å². The Kier molecular flexibility index (Phi) is 12.9. The Hall–Kier alpha value is -3.95. The Bertz CT molecular complexity index is 1420. The van der Waals surface area contributed by atoms with Crippen LogP contribution in [0.15, 0.2) is 43.2 Å². The minimum absolute atomic E-state index is 0.108. The van der Waals surface area contributed by atoms with Gasteiger partial charge in [0.1, 0.15) is 18.5 Å². The van der Waals surface area contributed by atoms with Crippen molar-refractivity contribution in [1.29, 1.82) is 0 Å². The van der Waals surface area contributed by atoms with Crippen molar-refractivity contribution in [1.82, 2.24) is 19.1 Å². The molecule has 0 fully saturated rings. The summed E-state index contributed by atoms with van der Waals surface area (Å²) >= 11 is 0. The monoisotopic (exact) mass is 622 g/mol. The normalized spacial score (nSPS) is 13.6. The zero-order chi connectivity index (χ0) is 33.1. The number of hydrogen-bond acceptors (Lipinski definition) is 8. The van der Waals surface area contributed by atoms with Gasteiger partial charge in [-0.05, 0) is 63.6 Å². The Morgan fingerprint density at radius 1 is 1.04 bits per heavy atom. The molecule has 0 amide bonds. The average molecular weight is 623 g/mol. The molecule has 0 saturated carbocycles. The van der Waals surface area contributed by atoms with Gasteiger partial charge >= 0.3 is 18.0 Å². The number of unbranched alkanes of at least 4 members (excludes halogenated alkanes) is 2. The molecule has 3 aromatic rings. The zero-order valence-electron chi connectivity index (χ0n) is 28.2. The summed E-state index contributed by atoms with van der Waals surface area (Å²) in [5.74, 6) is -1.37. The highest BCUT2D eigenvalue weighted by molar-refractivity contribution is 5.73. The van der Waals surface area contributed by atoms with Crippen LogP contribution >= 0.6 is 0 Å². The van der Waals surface area contributed by atoms with Crippen molar-refractivity contribution < 1.29 is 28.6 Å². The first-order valence-corrected chi connectivity index (χ1v) is 16.0. The third-order valence-corrected chi connectivity index (χ3v) is 8.12.